The van der Waals surface area contributed by atoms with E-state index in [0.29, 0.717) is 5.92 Å². The molecule has 0 unspecified atom stereocenters. The minimum Gasteiger partial charge on any atom is -0.489 e. The second-order valence-corrected chi connectivity index (χ2v) is 8.92. The molecule has 0 radical (unpaired) electrons. The minimum absolute atomic E-state index is 0.114. The molecule has 0 atom stereocenters. The number of ether oxygens (including phenoxy) is 1. The second kappa shape index (κ2) is 9.63. The number of anilines is 1. The summed E-state index contributed by atoms with van der Waals surface area (Å²) in [6.45, 7) is 5.64. The van der Waals surface area contributed by atoms with E-state index in [-0.39, 0.29) is 6.04 Å². The Bertz CT molecular complexity index is 758. The van der Waals surface area contributed by atoms with Crippen molar-refractivity contribution >= 4 is 11.7 Å². The average Bonchev–Trinajstić information content (AvgIpc) is 3.21. The van der Waals surface area contributed by atoms with Crippen LogP contribution in [0.25, 0.3) is 0 Å². The Morgan fingerprint density at radius 1 is 1.16 bits per heavy atom. The van der Waals surface area contributed by atoms with Gasteiger partial charge in [-0.1, -0.05) is 0 Å². The summed E-state index contributed by atoms with van der Waals surface area (Å²) in [5, 5.41) is 2.55. The van der Waals surface area contributed by atoms with Crippen LogP contribution in [-0.2, 0) is 11.2 Å². The Kier molecular flexibility index (Phi) is 6.89. The summed E-state index contributed by atoms with van der Waals surface area (Å²) >= 11 is 0. The van der Waals surface area contributed by atoms with Gasteiger partial charge in [0.25, 0.3) is 0 Å². The number of carbonyl (C=O) groups is 1. The molecule has 1 N–H and O–H groups in total. The predicted octanol–water partition coefficient (Wildman–Crippen LogP) is 3.16. The van der Waals surface area contributed by atoms with Crippen LogP contribution in [0, 0.1) is 5.92 Å². The van der Waals surface area contributed by atoms with E-state index in [9.17, 15) is 18.0 Å². The van der Waals surface area contributed by atoms with Crippen LogP contribution >= 0.6 is 0 Å². The van der Waals surface area contributed by atoms with Crippen LogP contribution in [0.5, 0.6) is 5.75 Å². The summed E-state index contributed by atoms with van der Waals surface area (Å²) in [5.74, 6) is 1.61. The van der Waals surface area contributed by atoms with Crippen molar-refractivity contribution in [1.82, 2.24) is 15.2 Å². The summed E-state index contributed by atoms with van der Waals surface area (Å²) in [7, 11) is 0. The third-order valence-electron chi connectivity index (χ3n) is 6.68. The number of nitrogens with one attached hydrogen (secondary N) is 1. The fourth-order valence-electron chi connectivity index (χ4n) is 4.92. The normalized spacial score (nSPS) is 24.5. The van der Waals surface area contributed by atoms with Gasteiger partial charge in [-0.3, -0.25) is 9.69 Å². The van der Waals surface area contributed by atoms with E-state index in [2.05, 4.69) is 20.1 Å². The van der Waals surface area contributed by atoms with E-state index in [1.807, 2.05) is 12.3 Å². The molecule has 172 valence electrons. The van der Waals surface area contributed by atoms with E-state index in [1.165, 1.54) is 5.56 Å². The number of carbonyl (C=O) groups excluding carboxylic acids is 1. The van der Waals surface area contributed by atoms with Gasteiger partial charge in [0.05, 0.1) is 6.61 Å². The van der Waals surface area contributed by atoms with Gasteiger partial charge in [-0.2, -0.15) is 13.2 Å². The summed E-state index contributed by atoms with van der Waals surface area (Å²) in [4.78, 5) is 20.8. The van der Waals surface area contributed by atoms with Gasteiger partial charge in [-0.25, -0.2) is 4.98 Å². The number of pyridine rings is 1. The smallest absolute Gasteiger partial charge is 0.397 e. The molecule has 9 heteroatoms. The van der Waals surface area contributed by atoms with Gasteiger partial charge in [0.2, 0.25) is 5.91 Å². The molecule has 6 nitrogen and oxygen atoms in total. The van der Waals surface area contributed by atoms with Crippen molar-refractivity contribution in [2.24, 2.45) is 5.92 Å². The van der Waals surface area contributed by atoms with Crippen LogP contribution in [0.4, 0.5) is 19.0 Å². The van der Waals surface area contributed by atoms with E-state index in [0.717, 1.165) is 89.4 Å². The highest BCUT2D eigenvalue weighted by atomic mass is 19.4. The molecule has 3 heterocycles. The third kappa shape index (κ3) is 6.02. The Morgan fingerprint density at radius 3 is 2.61 bits per heavy atom. The SMILES string of the molecule is O=C(CC(F)(F)F)N[C@H]1CC[C@H](CCN2CCN(c3nccc4c3OCC4)CC2)CC1. The number of alkyl halides is 3. The van der Waals surface area contributed by atoms with Crippen LogP contribution in [0.1, 0.15) is 44.1 Å². The van der Waals surface area contributed by atoms with Crippen LogP contribution < -0.4 is 15.0 Å². The van der Waals surface area contributed by atoms with Crippen molar-refractivity contribution in [3.05, 3.63) is 17.8 Å². The first-order valence-electron chi connectivity index (χ1n) is 11.3. The molecule has 31 heavy (non-hydrogen) atoms. The summed E-state index contributed by atoms with van der Waals surface area (Å²) in [5.41, 5.74) is 1.25. The lowest BCUT2D eigenvalue weighted by Gasteiger charge is -2.37. The molecular weight excluding hydrogens is 409 g/mol. The standard InChI is InChI=1S/C22H31F3N4O2/c23-22(24,25)15-19(30)27-18-3-1-16(2-4-18)6-9-28-10-12-29(13-11-28)21-20-17(5-8-26-21)7-14-31-20/h5,8,16,18H,1-4,6-7,9-15H2,(H,27,30)/t16-,18-. The molecule has 3 aliphatic rings. The quantitative estimate of drug-likeness (QED) is 0.737. The van der Waals surface area contributed by atoms with Gasteiger partial charge >= 0.3 is 6.18 Å². The molecule has 0 spiro atoms. The number of aromatic nitrogens is 1. The topological polar surface area (TPSA) is 57.7 Å². The highest BCUT2D eigenvalue weighted by Gasteiger charge is 2.33. The Hall–Kier alpha value is -2.03. The highest BCUT2D eigenvalue weighted by molar-refractivity contribution is 5.76. The zero-order chi connectivity index (χ0) is 21.8. The van der Waals surface area contributed by atoms with Crippen molar-refractivity contribution in [3.63, 3.8) is 0 Å². The van der Waals surface area contributed by atoms with E-state index >= 15 is 0 Å². The first kappa shape index (κ1) is 22.2. The van der Waals surface area contributed by atoms with Gasteiger partial charge in [-0.15, -0.1) is 0 Å². The van der Waals surface area contributed by atoms with Crippen molar-refractivity contribution in [2.75, 3.05) is 44.2 Å². The Morgan fingerprint density at radius 2 is 1.90 bits per heavy atom. The molecule has 0 aromatic carbocycles. The van der Waals surface area contributed by atoms with Gasteiger partial charge in [-0.05, 0) is 50.6 Å². The average molecular weight is 441 g/mol. The van der Waals surface area contributed by atoms with Crippen molar-refractivity contribution in [3.8, 4) is 5.75 Å². The Balaban J connectivity index is 1.15. The molecule has 1 amide bonds. The second-order valence-electron chi connectivity index (χ2n) is 8.92. The van der Waals surface area contributed by atoms with Crippen LogP contribution in [0.3, 0.4) is 0 Å². The first-order valence-corrected chi connectivity index (χ1v) is 11.3. The minimum atomic E-state index is -4.44. The lowest BCUT2D eigenvalue weighted by Crippen LogP contribution is -2.47. The van der Waals surface area contributed by atoms with Crippen LogP contribution in [0.2, 0.25) is 0 Å². The van der Waals surface area contributed by atoms with Gasteiger partial charge < -0.3 is 15.0 Å². The number of hydrogen-bond donors (Lipinski definition) is 1. The van der Waals surface area contributed by atoms with E-state index in [1.54, 1.807) is 0 Å². The van der Waals surface area contributed by atoms with Gasteiger partial charge in [0.15, 0.2) is 11.6 Å². The molecule has 1 aromatic rings. The zero-order valence-electron chi connectivity index (χ0n) is 17.8. The maximum atomic E-state index is 12.3. The van der Waals surface area contributed by atoms with Crippen molar-refractivity contribution in [1.29, 1.82) is 0 Å². The van der Waals surface area contributed by atoms with Gasteiger partial charge in [0, 0.05) is 50.4 Å². The molecule has 0 bridgehead atoms. The molecule has 1 aromatic heterocycles. The van der Waals surface area contributed by atoms with Crippen molar-refractivity contribution < 1.29 is 22.7 Å². The summed E-state index contributed by atoms with van der Waals surface area (Å²) < 4.78 is 42.7. The summed E-state index contributed by atoms with van der Waals surface area (Å²) in [6, 6.07) is 1.93. The monoisotopic (exact) mass is 440 g/mol. The van der Waals surface area contributed by atoms with Crippen LogP contribution in [-0.4, -0.2) is 67.3 Å². The molecular formula is C22H31F3N4O2. The third-order valence-corrected chi connectivity index (χ3v) is 6.68. The molecule has 2 aliphatic heterocycles. The molecule has 2 fully saturated rings. The maximum Gasteiger partial charge on any atom is 0.397 e. The van der Waals surface area contributed by atoms with E-state index in [4.69, 9.17) is 4.74 Å². The lowest BCUT2D eigenvalue weighted by atomic mass is 9.84. The number of piperazine rings is 1. The molecule has 4 rings (SSSR count). The zero-order valence-corrected chi connectivity index (χ0v) is 17.8. The molecule has 1 aliphatic carbocycles. The maximum absolute atomic E-state index is 12.3. The molecule has 1 saturated heterocycles. The number of hydrogen-bond acceptors (Lipinski definition) is 5. The highest BCUT2D eigenvalue weighted by Crippen LogP contribution is 2.34. The number of fused-ring (bicyclic) bond motifs is 1. The van der Waals surface area contributed by atoms with Gasteiger partial charge in [0.1, 0.15) is 6.42 Å². The van der Waals surface area contributed by atoms with Crippen molar-refractivity contribution in [2.45, 2.75) is 57.2 Å². The fraction of sp³-hybridized carbons (Fsp3) is 0.727. The Labute approximate surface area is 181 Å². The summed E-state index contributed by atoms with van der Waals surface area (Å²) in [6.07, 6.45) is 1.59. The van der Waals surface area contributed by atoms with Crippen LogP contribution in [0.15, 0.2) is 12.3 Å². The lowest BCUT2D eigenvalue weighted by molar-refractivity contribution is -0.154. The predicted molar refractivity (Wildman–Crippen MR) is 111 cm³/mol. The largest absolute Gasteiger partial charge is 0.489 e. The first-order chi connectivity index (χ1) is 14.9. The number of nitrogens with zero attached hydrogens (tertiary/aromatic N) is 3. The number of halogens is 3. The molecule has 1 saturated carbocycles. The number of amides is 1. The number of rotatable bonds is 6. The fourth-order valence-corrected chi connectivity index (χ4v) is 4.92. The van der Waals surface area contributed by atoms with E-state index < -0.39 is 18.5 Å².